The van der Waals surface area contributed by atoms with Crippen LogP contribution in [0.15, 0.2) is 18.2 Å². The summed E-state index contributed by atoms with van der Waals surface area (Å²) in [6.45, 7) is 0.237. The van der Waals surface area contributed by atoms with Crippen LogP contribution in [0, 0.1) is 5.92 Å². The molecule has 2 aliphatic heterocycles. The van der Waals surface area contributed by atoms with Gasteiger partial charge in [-0.1, -0.05) is 18.6 Å². The molecule has 1 aromatic carbocycles. The van der Waals surface area contributed by atoms with E-state index in [1.165, 1.54) is 0 Å². The van der Waals surface area contributed by atoms with Crippen LogP contribution >= 0.6 is 12.2 Å². The Morgan fingerprint density at radius 1 is 1.25 bits per heavy atom. The van der Waals surface area contributed by atoms with Gasteiger partial charge in [0.2, 0.25) is 6.79 Å². The highest BCUT2D eigenvalue weighted by Crippen LogP contribution is 2.40. The predicted molar refractivity (Wildman–Crippen MR) is 77.3 cm³/mol. The number of rotatable bonds is 1. The van der Waals surface area contributed by atoms with Crippen molar-refractivity contribution in [1.29, 1.82) is 0 Å². The van der Waals surface area contributed by atoms with E-state index in [1.54, 1.807) is 0 Å². The zero-order valence-electron chi connectivity index (χ0n) is 10.8. The van der Waals surface area contributed by atoms with E-state index >= 15 is 0 Å². The highest BCUT2D eigenvalue weighted by atomic mass is 32.1. The number of carbonyl (C=O) groups excluding carboxylic acids is 1. The lowest BCUT2D eigenvalue weighted by molar-refractivity contribution is 0.174. The van der Waals surface area contributed by atoms with E-state index in [2.05, 4.69) is 5.32 Å². The molecule has 1 aromatic rings. The van der Waals surface area contributed by atoms with E-state index in [4.69, 9.17) is 21.7 Å². The van der Waals surface area contributed by atoms with Gasteiger partial charge < -0.3 is 14.8 Å². The molecule has 1 aliphatic carbocycles. The van der Waals surface area contributed by atoms with Crippen molar-refractivity contribution in [3.63, 3.8) is 0 Å². The smallest absolute Gasteiger partial charge is 0.326 e. The third-order valence-electron chi connectivity index (χ3n) is 4.23. The molecule has 20 heavy (non-hydrogen) atoms. The number of thiocarbonyl (C=S) groups is 1. The number of nitrogens with zero attached hydrogens (tertiary/aromatic N) is 1. The van der Waals surface area contributed by atoms with Crippen LogP contribution in [-0.4, -0.2) is 23.9 Å². The van der Waals surface area contributed by atoms with Crippen molar-refractivity contribution >= 4 is 28.9 Å². The summed E-state index contributed by atoms with van der Waals surface area (Å²) >= 11 is 5.30. The number of nitrogens with one attached hydrogen (secondary N) is 1. The Balaban J connectivity index is 1.73. The third kappa shape index (κ3) is 1.67. The SMILES string of the molecule is O=C1NC(=S)C2CCCC2N1c1ccc2c(c1)OCO2. The minimum Gasteiger partial charge on any atom is -0.454 e. The second-order valence-electron chi connectivity index (χ2n) is 5.31. The Bertz CT molecular complexity index is 604. The number of hydrogen-bond acceptors (Lipinski definition) is 4. The Kier molecular flexibility index (Phi) is 2.60. The van der Waals surface area contributed by atoms with Crippen LogP contribution in [0.4, 0.5) is 10.5 Å². The molecule has 0 bridgehead atoms. The van der Waals surface area contributed by atoms with Gasteiger partial charge in [-0.15, -0.1) is 0 Å². The molecule has 1 saturated heterocycles. The lowest BCUT2D eigenvalue weighted by atomic mass is 9.99. The van der Waals surface area contributed by atoms with Gasteiger partial charge in [0.05, 0.1) is 4.99 Å². The van der Waals surface area contributed by atoms with E-state index < -0.39 is 0 Å². The number of amides is 2. The zero-order valence-corrected chi connectivity index (χ0v) is 11.6. The second kappa shape index (κ2) is 4.34. The summed E-state index contributed by atoms with van der Waals surface area (Å²) in [5.41, 5.74) is 0.839. The summed E-state index contributed by atoms with van der Waals surface area (Å²) in [5, 5.41) is 2.81. The first-order valence-electron chi connectivity index (χ1n) is 6.78. The molecule has 2 unspecified atom stereocenters. The lowest BCUT2D eigenvalue weighted by Gasteiger charge is -2.38. The minimum absolute atomic E-state index is 0.142. The van der Waals surface area contributed by atoms with Crippen molar-refractivity contribution in [2.75, 3.05) is 11.7 Å². The van der Waals surface area contributed by atoms with E-state index in [1.807, 2.05) is 23.1 Å². The van der Waals surface area contributed by atoms with E-state index in [9.17, 15) is 4.79 Å². The van der Waals surface area contributed by atoms with E-state index in [0.29, 0.717) is 10.7 Å². The average Bonchev–Trinajstić information content (AvgIpc) is 3.06. The molecule has 0 radical (unpaired) electrons. The summed E-state index contributed by atoms with van der Waals surface area (Å²) < 4.78 is 10.7. The van der Waals surface area contributed by atoms with Crippen LogP contribution in [0.1, 0.15) is 19.3 Å². The predicted octanol–water partition coefficient (Wildman–Crippen LogP) is 2.44. The van der Waals surface area contributed by atoms with Gasteiger partial charge in [0.15, 0.2) is 11.5 Å². The zero-order chi connectivity index (χ0) is 13.7. The molecule has 2 atom stereocenters. The fourth-order valence-electron chi connectivity index (χ4n) is 3.31. The van der Waals surface area contributed by atoms with Gasteiger partial charge in [-0.25, -0.2) is 4.79 Å². The normalized spacial score (nSPS) is 27.5. The van der Waals surface area contributed by atoms with Gasteiger partial charge in [0, 0.05) is 23.7 Å². The number of fused-ring (bicyclic) bond motifs is 2. The monoisotopic (exact) mass is 290 g/mol. The van der Waals surface area contributed by atoms with Crippen molar-refractivity contribution < 1.29 is 14.3 Å². The van der Waals surface area contributed by atoms with Crippen molar-refractivity contribution in [1.82, 2.24) is 5.32 Å². The van der Waals surface area contributed by atoms with Gasteiger partial charge in [-0.2, -0.15) is 0 Å². The quantitative estimate of drug-likeness (QED) is 0.807. The van der Waals surface area contributed by atoms with Gasteiger partial charge >= 0.3 is 6.03 Å². The first kappa shape index (κ1) is 12.0. The Labute approximate surface area is 121 Å². The van der Waals surface area contributed by atoms with Crippen molar-refractivity contribution in [2.45, 2.75) is 25.3 Å². The van der Waals surface area contributed by atoms with Crippen molar-refractivity contribution in [2.24, 2.45) is 5.92 Å². The molecule has 1 N–H and O–H groups in total. The Hall–Kier alpha value is -1.82. The number of hydrogen-bond donors (Lipinski definition) is 1. The van der Waals surface area contributed by atoms with E-state index in [-0.39, 0.29) is 24.8 Å². The number of urea groups is 1. The van der Waals surface area contributed by atoms with E-state index in [0.717, 1.165) is 30.7 Å². The fourth-order valence-corrected chi connectivity index (χ4v) is 3.67. The molecule has 2 heterocycles. The summed E-state index contributed by atoms with van der Waals surface area (Å²) in [4.78, 5) is 14.8. The molecule has 5 nitrogen and oxygen atoms in total. The molecule has 0 aromatic heterocycles. The first-order chi connectivity index (χ1) is 9.74. The number of ether oxygens (including phenoxy) is 2. The largest absolute Gasteiger partial charge is 0.454 e. The molecule has 6 heteroatoms. The summed E-state index contributed by atoms with van der Waals surface area (Å²) in [6.07, 6.45) is 3.14. The highest BCUT2D eigenvalue weighted by molar-refractivity contribution is 7.80. The summed E-state index contributed by atoms with van der Waals surface area (Å²) in [5.74, 6) is 1.69. The molecule has 104 valence electrons. The van der Waals surface area contributed by atoms with Crippen LogP contribution in [0.25, 0.3) is 0 Å². The lowest BCUT2D eigenvalue weighted by Crippen LogP contribution is -2.58. The molecular formula is C14H14N2O3S. The molecule has 2 amide bonds. The molecule has 4 rings (SSSR count). The second-order valence-corrected chi connectivity index (χ2v) is 5.75. The van der Waals surface area contributed by atoms with Crippen LogP contribution in [0.2, 0.25) is 0 Å². The Morgan fingerprint density at radius 3 is 3.00 bits per heavy atom. The molecular weight excluding hydrogens is 276 g/mol. The summed E-state index contributed by atoms with van der Waals surface area (Å²) in [7, 11) is 0. The highest BCUT2D eigenvalue weighted by Gasteiger charge is 2.42. The van der Waals surface area contributed by atoms with Crippen LogP contribution < -0.4 is 19.7 Å². The first-order valence-corrected chi connectivity index (χ1v) is 7.18. The fraction of sp³-hybridized carbons (Fsp3) is 0.429. The number of benzene rings is 1. The topological polar surface area (TPSA) is 50.8 Å². The van der Waals surface area contributed by atoms with Gasteiger partial charge in [0.1, 0.15) is 0 Å². The van der Waals surface area contributed by atoms with Crippen molar-refractivity contribution in [3.8, 4) is 11.5 Å². The standard InChI is InChI=1S/C14H14N2O3S/c17-14-15-13(20)9-2-1-3-10(9)16(14)8-4-5-11-12(6-8)19-7-18-11/h4-6,9-10H,1-3,7H2,(H,15,17,20). The number of carbonyl (C=O) groups is 1. The van der Waals surface area contributed by atoms with Gasteiger partial charge in [0.25, 0.3) is 0 Å². The third-order valence-corrected chi connectivity index (χ3v) is 4.64. The van der Waals surface area contributed by atoms with Gasteiger partial charge in [-0.05, 0) is 25.0 Å². The van der Waals surface area contributed by atoms with Crippen molar-refractivity contribution in [3.05, 3.63) is 18.2 Å². The van der Waals surface area contributed by atoms with Crippen LogP contribution in [0.5, 0.6) is 11.5 Å². The maximum Gasteiger partial charge on any atom is 0.326 e. The maximum absolute atomic E-state index is 12.3. The number of anilines is 1. The van der Waals surface area contributed by atoms with Crippen LogP contribution in [-0.2, 0) is 0 Å². The Morgan fingerprint density at radius 2 is 2.10 bits per heavy atom. The average molecular weight is 290 g/mol. The maximum atomic E-state index is 12.3. The van der Waals surface area contributed by atoms with Gasteiger partial charge in [-0.3, -0.25) is 4.90 Å². The summed E-state index contributed by atoms with van der Waals surface area (Å²) in [6, 6.07) is 5.64. The molecule has 3 aliphatic rings. The molecule has 0 spiro atoms. The minimum atomic E-state index is -0.142. The van der Waals surface area contributed by atoms with Crippen LogP contribution in [0.3, 0.4) is 0 Å². The molecule has 2 fully saturated rings. The molecule has 1 saturated carbocycles.